The number of halogens is 2. The smallest absolute Gasteiger partial charge is 0.261 e. The molecule has 0 bridgehead atoms. The summed E-state index contributed by atoms with van der Waals surface area (Å²) in [5.41, 5.74) is 0.213. The highest BCUT2D eigenvalue weighted by Crippen LogP contribution is 2.22. The number of benzene rings is 1. The van der Waals surface area contributed by atoms with Crippen molar-refractivity contribution in [2.75, 3.05) is 13.1 Å². The maximum atomic E-state index is 12.1. The van der Waals surface area contributed by atoms with Crippen LogP contribution in [0.2, 0.25) is 5.02 Å². The molecule has 1 rings (SSSR count). The third-order valence-electron chi connectivity index (χ3n) is 2.45. The van der Waals surface area contributed by atoms with Gasteiger partial charge in [0.1, 0.15) is 0 Å². The Morgan fingerprint density at radius 2 is 1.78 bits per heavy atom. The molecular weight excluding hydrogens is 297 g/mol. The lowest BCUT2D eigenvalue weighted by Crippen LogP contribution is -2.30. The van der Waals surface area contributed by atoms with Gasteiger partial charge in [-0.1, -0.05) is 11.6 Å². The summed E-state index contributed by atoms with van der Waals surface area (Å²) in [7, 11) is 1.34. The highest BCUT2D eigenvalue weighted by atomic mass is 35.7. The molecular formula is C11H13Cl2NO3S. The van der Waals surface area contributed by atoms with E-state index in [0.29, 0.717) is 13.1 Å². The quantitative estimate of drug-likeness (QED) is 0.804. The van der Waals surface area contributed by atoms with Gasteiger partial charge in [0.25, 0.3) is 15.0 Å². The molecule has 0 heterocycles. The fraction of sp³-hybridized carbons (Fsp3) is 0.364. The highest BCUT2D eigenvalue weighted by molar-refractivity contribution is 8.13. The molecule has 1 aromatic carbocycles. The van der Waals surface area contributed by atoms with Crippen molar-refractivity contribution in [2.24, 2.45) is 0 Å². The molecule has 0 aliphatic heterocycles. The minimum atomic E-state index is -3.90. The number of hydrogen-bond acceptors (Lipinski definition) is 3. The van der Waals surface area contributed by atoms with Gasteiger partial charge in [0.2, 0.25) is 0 Å². The SMILES string of the molecule is CCN(CC)C(=O)c1cc(Cl)cc(S(=O)(=O)Cl)c1. The Morgan fingerprint density at radius 3 is 2.22 bits per heavy atom. The lowest BCUT2D eigenvalue weighted by molar-refractivity contribution is 0.0772. The van der Waals surface area contributed by atoms with E-state index >= 15 is 0 Å². The molecule has 18 heavy (non-hydrogen) atoms. The van der Waals surface area contributed by atoms with Gasteiger partial charge in [0.15, 0.2) is 0 Å². The molecule has 0 spiro atoms. The average Bonchev–Trinajstić information content (AvgIpc) is 2.28. The van der Waals surface area contributed by atoms with Crippen LogP contribution in [0.1, 0.15) is 24.2 Å². The molecule has 0 saturated heterocycles. The Morgan fingerprint density at radius 1 is 1.22 bits per heavy atom. The van der Waals surface area contributed by atoms with Gasteiger partial charge in [-0.25, -0.2) is 8.42 Å². The van der Waals surface area contributed by atoms with Gasteiger partial charge in [-0.2, -0.15) is 0 Å². The van der Waals surface area contributed by atoms with Crippen LogP contribution < -0.4 is 0 Å². The number of carbonyl (C=O) groups is 1. The van der Waals surface area contributed by atoms with E-state index in [1.807, 2.05) is 13.8 Å². The first kappa shape index (κ1) is 15.3. The molecule has 4 nitrogen and oxygen atoms in total. The normalized spacial score (nSPS) is 11.3. The third kappa shape index (κ3) is 3.60. The second-order valence-electron chi connectivity index (χ2n) is 3.59. The summed E-state index contributed by atoms with van der Waals surface area (Å²) in [4.78, 5) is 13.5. The van der Waals surface area contributed by atoms with Crippen LogP contribution in [0.5, 0.6) is 0 Å². The van der Waals surface area contributed by atoms with E-state index < -0.39 is 9.05 Å². The van der Waals surface area contributed by atoms with Gasteiger partial charge < -0.3 is 4.90 Å². The monoisotopic (exact) mass is 309 g/mol. The first-order chi connectivity index (χ1) is 8.29. The van der Waals surface area contributed by atoms with Crippen LogP contribution in [0.25, 0.3) is 0 Å². The molecule has 0 aliphatic rings. The highest BCUT2D eigenvalue weighted by Gasteiger charge is 2.18. The van der Waals surface area contributed by atoms with Crippen molar-refractivity contribution in [3.05, 3.63) is 28.8 Å². The van der Waals surface area contributed by atoms with Crippen LogP contribution in [-0.4, -0.2) is 32.3 Å². The summed E-state index contributed by atoms with van der Waals surface area (Å²) in [6.45, 7) is 4.74. The first-order valence-electron chi connectivity index (χ1n) is 5.34. The zero-order valence-corrected chi connectivity index (χ0v) is 12.3. The lowest BCUT2D eigenvalue weighted by atomic mass is 10.2. The lowest BCUT2D eigenvalue weighted by Gasteiger charge is -2.18. The van der Waals surface area contributed by atoms with Crippen molar-refractivity contribution in [3.8, 4) is 0 Å². The van der Waals surface area contributed by atoms with Crippen molar-refractivity contribution < 1.29 is 13.2 Å². The molecule has 7 heteroatoms. The van der Waals surface area contributed by atoms with Crippen LogP contribution in [0, 0.1) is 0 Å². The van der Waals surface area contributed by atoms with Crippen molar-refractivity contribution in [3.63, 3.8) is 0 Å². The molecule has 0 aromatic heterocycles. The summed E-state index contributed by atoms with van der Waals surface area (Å²) in [5, 5.41) is 0.159. The van der Waals surface area contributed by atoms with Gasteiger partial charge in [-0.05, 0) is 32.0 Å². The van der Waals surface area contributed by atoms with Crippen LogP contribution in [0.3, 0.4) is 0 Å². The molecule has 100 valence electrons. The molecule has 0 N–H and O–H groups in total. The van der Waals surface area contributed by atoms with E-state index in [4.69, 9.17) is 22.3 Å². The Kier molecular flexibility index (Phi) is 5.01. The number of hydrogen-bond donors (Lipinski definition) is 0. The maximum Gasteiger partial charge on any atom is 0.261 e. The molecule has 1 amide bonds. The Hall–Kier alpha value is -0.780. The predicted octanol–water partition coefficient (Wildman–Crippen LogP) is 2.75. The molecule has 0 aliphatic carbocycles. The van der Waals surface area contributed by atoms with Crippen molar-refractivity contribution in [2.45, 2.75) is 18.7 Å². The van der Waals surface area contributed by atoms with Crippen molar-refractivity contribution in [1.82, 2.24) is 4.90 Å². The second-order valence-corrected chi connectivity index (χ2v) is 6.59. The van der Waals surface area contributed by atoms with Gasteiger partial charge in [0.05, 0.1) is 4.90 Å². The standard InChI is InChI=1S/C11H13Cl2NO3S/c1-3-14(4-2)11(15)8-5-9(12)7-10(6-8)18(13,16)17/h5-7H,3-4H2,1-2H3. The van der Waals surface area contributed by atoms with Crippen molar-refractivity contribution in [1.29, 1.82) is 0 Å². The van der Waals surface area contributed by atoms with E-state index in [2.05, 4.69) is 0 Å². The zero-order valence-electron chi connectivity index (χ0n) is 9.98. The summed E-state index contributed by atoms with van der Waals surface area (Å²) in [6.07, 6.45) is 0. The van der Waals surface area contributed by atoms with Crippen molar-refractivity contribution >= 4 is 37.2 Å². The number of nitrogens with zero attached hydrogens (tertiary/aromatic N) is 1. The molecule has 0 saturated carbocycles. The number of amides is 1. The second kappa shape index (κ2) is 5.91. The van der Waals surface area contributed by atoms with E-state index in [9.17, 15) is 13.2 Å². The molecule has 0 unspecified atom stereocenters. The fourth-order valence-corrected chi connectivity index (χ4v) is 2.62. The first-order valence-corrected chi connectivity index (χ1v) is 8.02. The van der Waals surface area contributed by atoms with Gasteiger partial charge in [0, 0.05) is 34.4 Å². The molecule has 0 fully saturated rings. The summed E-state index contributed by atoms with van der Waals surface area (Å²) in [5.74, 6) is -0.274. The van der Waals surface area contributed by atoms with Crippen LogP contribution in [-0.2, 0) is 9.05 Å². The number of rotatable bonds is 4. The minimum Gasteiger partial charge on any atom is -0.339 e. The van der Waals surface area contributed by atoms with Gasteiger partial charge >= 0.3 is 0 Å². The third-order valence-corrected chi connectivity index (χ3v) is 4.00. The van der Waals surface area contributed by atoms with Gasteiger partial charge in [-0.15, -0.1) is 0 Å². The summed E-state index contributed by atoms with van der Waals surface area (Å²) < 4.78 is 22.5. The van der Waals surface area contributed by atoms with Gasteiger partial charge in [-0.3, -0.25) is 4.79 Å². The maximum absolute atomic E-state index is 12.1. The molecule has 0 atom stereocenters. The van der Waals surface area contributed by atoms with Crippen LogP contribution in [0.4, 0.5) is 0 Å². The van der Waals surface area contributed by atoms with E-state index in [1.54, 1.807) is 4.90 Å². The molecule has 1 aromatic rings. The Labute approximate surface area is 116 Å². The average molecular weight is 310 g/mol. The van der Waals surface area contributed by atoms with Crippen LogP contribution in [0.15, 0.2) is 23.1 Å². The largest absolute Gasteiger partial charge is 0.339 e. The van der Waals surface area contributed by atoms with E-state index in [0.717, 1.165) is 0 Å². The number of carbonyl (C=O) groups excluding carboxylic acids is 1. The Balaban J connectivity index is 3.26. The topological polar surface area (TPSA) is 54.5 Å². The predicted molar refractivity (Wildman–Crippen MR) is 71.7 cm³/mol. The Bertz CT molecular complexity index is 553. The molecule has 0 radical (unpaired) electrons. The summed E-state index contributed by atoms with van der Waals surface area (Å²) >= 11 is 5.80. The minimum absolute atomic E-state index is 0.159. The van der Waals surface area contributed by atoms with E-state index in [1.165, 1.54) is 18.2 Å². The van der Waals surface area contributed by atoms with E-state index in [-0.39, 0.29) is 21.4 Å². The summed E-state index contributed by atoms with van der Waals surface area (Å²) in [6, 6.07) is 3.87. The zero-order chi connectivity index (χ0) is 13.9. The fourth-order valence-electron chi connectivity index (χ4n) is 1.52. The van der Waals surface area contributed by atoms with Crippen LogP contribution >= 0.6 is 22.3 Å².